The Morgan fingerprint density at radius 2 is 2.06 bits per heavy atom. The minimum atomic E-state index is 0.308. The van der Waals surface area contributed by atoms with Crippen LogP contribution in [-0.4, -0.2) is 15.3 Å². The highest BCUT2D eigenvalue weighted by molar-refractivity contribution is 5.80. The van der Waals surface area contributed by atoms with E-state index in [4.69, 9.17) is 0 Å². The Kier molecular flexibility index (Phi) is 3.70. The molecule has 0 atom stereocenters. The van der Waals surface area contributed by atoms with Crippen LogP contribution in [0.25, 0.3) is 5.69 Å². The summed E-state index contributed by atoms with van der Waals surface area (Å²) < 4.78 is 1.94. The molecule has 2 aromatic rings. The predicted molar refractivity (Wildman–Crippen MR) is 67.2 cm³/mol. The number of carbonyl (C=O) groups is 1. The van der Waals surface area contributed by atoms with Crippen LogP contribution in [-0.2, 0) is 11.2 Å². The molecule has 0 radical (unpaired) electrons. The molecule has 0 aliphatic carbocycles. The second kappa shape index (κ2) is 5.43. The molecule has 1 aromatic heterocycles. The fourth-order valence-electron chi connectivity index (χ4n) is 1.79. The van der Waals surface area contributed by atoms with Crippen LogP contribution in [0.5, 0.6) is 0 Å². The van der Waals surface area contributed by atoms with Gasteiger partial charge in [0, 0.05) is 30.9 Å². The van der Waals surface area contributed by atoms with E-state index in [0.717, 1.165) is 17.7 Å². The first-order valence-electron chi connectivity index (χ1n) is 5.88. The molecule has 0 fully saturated rings. The van der Waals surface area contributed by atoms with Crippen molar-refractivity contribution in [1.82, 2.24) is 9.55 Å². The molecule has 0 N–H and O–H groups in total. The lowest BCUT2D eigenvalue weighted by molar-refractivity contribution is -0.118. The Morgan fingerprint density at radius 1 is 1.29 bits per heavy atom. The highest BCUT2D eigenvalue weighted by Crippen LogP contribution is 2.10. The predicted octanol–water partition coefficient (Wildman–Crippen LogP) is 2.78. The van der Waals surface area contributed by atoms with Gasteiger partial charge in [-0.25, -0.2) is 4.98 Å². The number of carbonyl (C=O) groups excluding carboxylic acids is 1. The number of benzene rings is 1. The average Bonchev–Trinajstić information content (AvgIpc) is 2.84. The molecule has 0 amide bonds. The first-order chi connectivity index (χ1) is 8.29. The van der Waals surface area contributed by atoms with E-state index in [9.17, 15) is 4.79 Å². The standard InChI is InChI=1S/C14H16N2O/c1-2-3-14(17)10-12-4-6-13(7-5-12)16-9-8-15-11-16/h4-9,11H,2-3,10H2,1H3. The van der Waals surface area contributed by atoms with Crippen molar-refractivity contribution in [1.29, 1.82) is 0 Å². The van der Waals surface area contributed by atoms with Crippen LogP contribution >= 0.6 is 0 Å². The van der Waals surface area contributed by atoms with Crippen LogP contribution in [0, 0.1) is 0 Å². The summed E-state index contributed by atoms with van der Waals surface area (Å²) in [5, 5.41) is 0. The number of ketones is 1. The van der Waals surface area contributed by atoms with Gasteiger partial charge in [-0.1, -0.05) is 19.1 Å². The molecule has 3 nitrogen and oxygen atoms in total. The monoisotopic (exact) mass is 228 g/mol. The molecule has 3 heteroatoms. The number of aromatic nitrogens is 2. The molecule has 1 aromatic carbocycles. The summed E-state index contributed by atoms with van der Waals surface area (Å²) >= 11 is 0. The lowest BCUT2D eigenvalue weighted by Crippen LogP contribution is -2.01. The van der Waals surface area contributed by atoms with Crippen molar-refractivity contribution in [2.75, 3.05) is 0 Å². The fourth-order valence-corrected chi connectivity index (χ4v) is 1.79. The van der Waals surface area contributed by atoms with Gasteiger partial charge < -0.3 is 4.57 Å². The highest BCUT2D eigenvalue weighted by atomic mass is 16.1. The quantitative estimate of drug-likeness (QED) is 0.788. The molecular weight excluding hydrogens is 212 g/mol. The zero-order valence-corrected chi connectivity index (χ0v) is 9.97. The summed E-state index contributed by atoms with van der Waals surface area (Å²) in [5.41, 5.74) is 2.14. The molecule has 88 valence electrons. The number of Topliss-reactive ketones (excluding diaryl/α,β-unsaturated/α-hetero) is 1. The van der Waals surface area contributed by atoms with Crippen LogP contribution in [0.15, 0.2) is 43.0 Å². The maximum Gasteiger partial charge on any atom is 0.137 e. The molecule has 2 rings (SSSR count). The van der Waals surface area contributed by atoms with Crippen LogP contribution in [0.4, 0.5) is 0 Å². The zero-order valence-electron chi connectivity index (χ0n) is 9.97. The van der Waals surface area contributed by atoms with Gasteiger partial charge in [0.15, 0.2) is 0 Å². The van der Waals surface area contributed by atoms with Crippen molar-refractivity contribution in [2.45, 2.75) is 26.2 Å². The Morgan fingerprint density at radius 3 is 2.65 bits per heavy atom. The first kappa shape index (κ1) is 11.6. The Balaban J connectivity index is 2.06. The van der Waals surface area contributed by atoms with Crippen LogP contribution < -0.4 is 0 Å². The summed E-state index contributed by atoms with van der Waals surface area (Å²) in [6.07, 6.45) is 7.54. The van der Waals surface area contributed by atoms with Gasteiger partial charge in [-0.15, -0.1) is 0 Å². The normalized spacial score (nSPS) is 10.4. The zero-order chi connectivity index (χ0) is 12.1. The smallest absolute Gasteiger partial charge is 0.137 e. The van der Waals surface area contributed by atoms with Gasteiger partial charge in [0.05, 0.1) is 6.33 Å². The number of nitrogens with zero attached hydrogens (tertiary/aromatic N) is 2. The average molecular weight is 228 g/mol. The van der Waals surface area contributed by atoms with Crippen LogP contribution in [0.2, 0.25) is 0 Å². The van der Waals surface area contributed by atoms with Crippen molar-refractivity contribution < 1.29 is 4.79 Å². The fraction of sp³-hybridized carbons (Fsp3) is 0.286. The van der Waals surface area contributed by atoms with Gasteiger partial charge in [0.2, 0.25) is 0 Å². The molecule has 0 bridgehead atoms. The molecule has 1 heterocycles. The van der Waals surface area contributed by atoms with Gasteiger partial charge in [-0.2, -0.15) is 0 Å². The van der Waals surface area contributed by atoms with E-state index >= 15 is 0 Å². The lowest BCUT2D eigenvalue weighted by Gasteiger charge is -2.04. The van der Waals surface area contributed by atoms with E-state index in [1.165, 1.54) is 0 Å². The van der Waals surface area contributed by atoms with Crippen LogP contribution in [0.1, 0.15) is 25.3 Å². The van der Waals surface area contributed by atoms with Crippen molar-refractivity contribution in [3.63, 3.8) is 0 Å². The molecule has 0 aliphatic heterocycles. The SMILES string of the molecule is CCCC(=O)Cc1ccc(-n2ccnc2)cc1. The van der Waals surface area contributed by atoms with Gasteiger partial charge in [0.1, 0.15) is 5.78 Å². The van der Waals surface area contributed by atoms with E-state index in [-0.39, 0.29) is 0 Å². The van der Waals surface area contributed by atoms with Gasteiger partial charge >= 0.3 is 0 Å². The third-order valence-electron chi connectivity index (χ3n) is 2.67. The van der Waals surface area contributed by atoms with Crippen molar-refractivity contribution in [3.8, 4) is 5.69 Å². The summed E-state index contributed by atoms with van der Waals surface area (Å²) in [6.45, 7) is 2.03. The minimum absolute atomic E-state index is 0.308. The summed E-state index contributed by atoms with van der Waals surface area (Å²) in [7, 11) is 0. The third kappa shape index (κ3) is 3.03. The topological polar surface area (TPSA) is 34.9 Å². The largest absolute Gasteiger partial charge is 0.306 e. The van der Waals surface area contributed by atoms with Gasteiger partial charge in [-0.3, -0.25) is 4.79 Å². The minimum Gasteiger partial charge on any atom is -0.306 e. The van der Waals surface area contributed by atoms with E-state index in [1.807, 2.05) is 42.0 Å². The summed E-state index contributed by atoms with van der Waals surface area (Å²) in [5.74, 6) is 0.308. The Labute approximate surface area is 101 Å². The molecule has 0 spiro atoms. The number of hydrogen-bond acceptors (Lipinski definition) is 2. The maximum absolute atomic E-state index is 11.5. The second-order valence-corrected chi connectivity index (χ2v) is 4.10. The maximum atomic E-state index is 11.5. The van der Waals surface area contributed by atoms with E-state index in [0.29, 0.717) is 18.6 Å². The van der Waals surface area contributed by atoms with E-state index in [2.05, 4.69) is 4.98 Å². The van der Waals surface area contributed by atoms with Crippen LogP contribution in [0.3, 0.4) is 0 Å². The van der Waals surface area contributed by atoms with Crippen molar-refractivity contribution >= 4 is 5.78 Å². The summed E-state index contributed by atoms with van der Waals surface area (Å²) in [4.78, 5) is 15.5. The number of hydrogen-bond donors (Lipinski definition) is 0. The van der Waals surface area contributed by atoms with Crippen molar-refractivity contribution in [3.05, 3.63) is 48.5 Å². The molecule has 17 heavy (non-hydrogen) atoms. The first-order valence-corrected chi connectivity index (χ1v) is 5.88. The molecule has 0 aliphatic rings. The molecule has 0 saturated heterocycles. The van der Waals surface area contributed by atoms with E-state index < -0.39 is 0 Å². The third-order valence-corrected chi connectivity index (χ3v) is 2.67. The van der Waals surface area contributed by atoms with Gasteiger partial charge in [-0.05, 0) is 24.1 Å². The van der Waals surface area contributed by atoms with Crippen molar-refractivity contribution in [2.24, 2.45) is 0 Å². The molecular formula is C14H16N2O. The lowest BCUT2D eigenvalue weighted by atomic mass is 10.1. The Bertz CT molecular complexity index is 471. The Hall–Kier alpha value is -1.90. The second-order valence-electron chi connectivity index (χ2n) is 4.10. The molecule has 0 unspecified atom stereocenters. The molecule has 0 saturated carbocycles. The van der Waals surface area contributed by atoms with E-state index in [1.54, 1.807) is 12.5 Å². The summed E-state index contributed by atoms with van der Waals surface area (Å²) in [6, 6.07) is 8.03. The number of rotatable bonds is 5. The highest BCUT2D eigenvalue weighted by Gasteiger charge is 2.02. The van der Waals surface area contributed by atoms with Gasteiger partial charge in [0.25, 0.3) is 0 Å². The number of imidazole rings is 1.